The van der Waals surface area contributed by atoms with Crippen LogP contribution in [0.25, 0.3) is 0 Å². The third-order valence-electron chi connectivity index (χ3n) is 1.13. The first-order valence-electron chi connectivity index (χ1n) is 2.87. The maximum atomic E-state index is 8.49. The van der Waals surface area contributed by atoms with Crippen molar-refractivity contribution in [3.05, 3.63) is 21.4 Å². The van der Waals surface area contributed by atoms with Gasteiger partial charge in [-0.3, -0.25) is 0 Å². The predicted molar refractivity (Wildman–Crippen MR) is 48.2 cm³/mol. The number of nitrogens with zero attached hydrogens (tertiary/aromatic N) is 2. The molecule has 0 spiro atoms. The molecule has 0 amide bonds. The van der Waals surface area contributed by atoms with E-state index >= 15 is 0 Å². The second-order valence-corrected chi connectivity index (χ2v) is 2.99. The fourth-order valence-electron chi connectivity index (χ4n) is 0.637. The highest BCUT2D eigenvalue weighted by Crippen LogP contribution is 2.17. The number of methoxy groups -OCH3 is 1. The molecule has 0 saturated carbocycles. The van der Waals surface area contributed by atoms with Crippen LogP contribution < -0.4 is 4.74 Å². The van der Waals surface area contributed by atoms with Crippen molar-refractivity contribution in [1.82, 2.24) is 4.98 Å². The van der Waals surface area contributed by atoms with Gasteiger partial charge in [-0.25, -0.2) is 4.98 Å². The van der Waals surface area contributed by atoms with Crippen LogP contribution in [0.2, 0.25) is 0 Å². The van der Waals surface area contributed by atoms with Gasteiger partial charge in [-0.1, -0.05) is 0 Å². The van der Waals surface area contributed by atoms with Crippen LogP contribution in [0.15, 0.2) is 12.3 Å². The lowest BCUT2D eigenvalue weighted by Gasteiger charge is -1.99. The third-order valence-corrected chi connectivity index (χ3v) is 1.90. The van der Waals surface area contributed by atoms with Gasteiger partial charge < -0.3 is 4.74 Å². The first-order valence-corrected chi connectivity index (χ1v) is 3.95. The fourth-order valence-corrected chi connectivity index (χ4v) is 1.33. The van der Waals surface area contributed by atoms with Crippen molar-refractivity contribution < 1.29 is 4.74 Å². The average Bonchev–Trinajstić information content (AvgIpc) is 2.04. The lowest BCUT2D eigenvalue weighted by atomic mass is 10.3. The molecule has 4 heteroatoms. The Labute approximate surface area is 78.1 Å². The highest BCUT2D eigenvalue weighted by Gasteiger charge is 2.00. The summed E-state index contributed by atoms with van der Waals surface area (Å²) in [5, 5.41) is 8.49. The Bertz CT molecular complexity index is 306. The van der Waals surface area contributed by atoms with E-state index in [0.29, 0.717) is 11.4 Å². The summed E-state index contributed by atoms with van der Waals surface area (Å²) in [7, 11) is 1.55. The summed E-state index contributed by atoms with van der Waals surface area (Å²) in [4.78, 5) is 3.92. The fraction of sp³-hybridized carbons (Fsp3) is 0.143. The van der Waals surface area contributed by atoms with E-state index in [0.717, 1.165) is 3.57 Å². The summed E-state index contributed by atoms with van der Waals surface area (Å²) in [6.07, 6.45) is 1.49. The van der Waals surface area contributed by atoms with Crippen molar-refractivity contribution in [3.63, 3.8) is 0 Å². The molecule has 0 N–H and O–H groups in total. The normalized spacial score (nSPS) is 8.82. The summed E-state index contributed by atoms with van der Waals surface area (Å²) in [6.45, 7) is 0. The van der Waals surface area contributed by atoms with Crippen LogP contribution in [0.5, 0.6) is 5.88 Å². The number of hydrogen-bond acceptors (Lipinski definition) is 3. The Hall–Kier alpha value is -0.830. The van der Waals surface area contributed by atoms with Crippen LogP contribution in [0.3, 0.4) is 0 Å². The summed E-state index contributed by atoms with van der Waals surface area (Å²) < 4.78 is 5.77. The van der Waals surface area contributed by atoms with Gasteiger partial charge in [0.1, 0.15) is 6.07 Å². The number of aromatic nitrogens is 1. The predicted octanol–water partition coefficient (Wildman–Crippen LogP) is 1.57. The number of nitriles is 1. The van der Waals surface area contributed by atoms with E-state index in [1.54, 1.807) is 13.2 Å². The Morgan fingerprint density at radius 3 is 2.91 bits per heavy atom. The maximum absolute atomic E-state index is 8.49. The van der Waals surface area contributed by atoms with Crippen LogP contribution in [0.1, 0.15) is 5.56 Å². The summed E-state index contributed by atoms with van der Waals surface area (Å²) in [6, 6.07) is 3.72. The Morgan fingerprint density at radius 2 is 2.45 bits per heavy atom. The number of halogens is 1. The number of rotatable bonds is 1. The zero-order chi connectivity index (χ0) is 8.27. The second-order valence-electron chi connectivity index (χ2n) is 1.83. The molecule has 56 valence electrons. The van der Waals surface area contributed by atoms with Gasteiger partial charge in [0, 0.05) is 6.20 Å². The molecule has 0 unspecified atom stereocenters. The van der Waals surface area contributed by atoms with E-state index in [1.807, 2.05) is 6.07 Å². The van der Waals surface area contributed by atoms with Crippen LogP contribution in [-0.2, 0) is 0 Å². The van der Waals surface area contributed by atoms with Crippen molar-refractivity contribution in [2.75, 3.05) is 7.11 Å². The zero-order valence-electron chi connectivity index (χ0n) is 5.84. The molecule has 0 aliphatic rings. The highest BCUT2D eigenvalue weighted by atomic mass is 127. The lowest BCUT2D eigenvalue weighted by Crippen LogP contribution is -1.91. The summed E-state index contributed by atoms with van der Waals surface area (Å²) >= 11 is 2.07. The van der Waals surface area contributed by atoms with E-state index in [1.165, 1.54) is 6.20 Å². The molecular formula is C7H5IN2O. The van der Waals surface area contributed by atoms with Crippen molar-refractivity contribution in [3.8, 4) is 11.9 Å². The molecule has 0 saturated heterocycles. The molecule has 1 aromatic rings. The molecule has 0 fully saturated rings. The molecule has 0 bridgehead atoms. The SMILES string of the molecule is COc1ncc(C#N)cc1I. The van der Waals surface area contributed by atoms with Gasteiger partial charge in [-0.05, 0) is 28.7 Å². The Morgan fingerprint density at radius 1 is 1.73 bits per heavy atom. The Kier molecular flexibility index (Phi) is 2.65. The van der Waals surface area contributed by atoms with Gasteiger partial charge in [-0.2, -0.15) is 5.26 Å². The first-order chi connectivity index (χ1) is 5.27. The van der Waals surface area contributed by atoms with E-state index in [9.17, 15) is 0 Å². The van der Waals surface area contributed by atoms with E-state index in [4.69, 9.17) is 10.00 Å². The maximum Gasteiger partial charge on any atom is 0.226 e. The van der Waals surface area contributed by atoms with E-state index < -0.39 is 0 Å². The molecule has 0 atom stereocenters. The minimum absolute atomic E-state index is 0.551. The van der Waals surface area contributed by atoms with Crippen LogP contribution in [0.4, 0.5) is 0 Å². The smallest absolute Gasteiger partial charge is 0.226 e. The van der Waals surface area contributed by atoms with Gasteiger partial charge in [-0.15, -0.1) is 0 Å². The number of ether oxygens (including phenoxy) is 1. The second kappa shape index (κ2) is 3.53. The van der Waals surface area contributed by atoms with Gasteiger partial charge in [0.15, 0.2) is 0 Å². The lowest BCUT2D eigenvalue weighted by molar-refractivity contribution is 0.394. The summed E-state index contributed by atoms with van der Waals surface area (Å²) in [5.41, 5.74) is 0.551. The molecule has 0 radical (unpaired) electrons. The average molecular weight is 260 g/mol. The standard InChI is InChI=1S/C7H5IN2O/c1-11-7-6(8)2-5(3-9)4-10-7/h2,4H,1H3. The zero-order valence-corrected chi connectivity index (χ0v) is 7.99. The molecule has 0 aromatic carbocycles. The molecule has 1 heterocycles. The van der Waals surface area contributed by atoms with Gasteiger partial charge >= 0.3 is 0 Å². The topological polar surface area (TPSA) is 45.9 Å². The van der Waals surface area contributed by atoms with Crippen LogP contribution in [0, 0.1) is 14.9 Å². The molecular weight excluding hydrogens is 255 g/mol. The minimum atomic E-state index is 0.551. The summed E-state index contributed by atoms with van der Waals surface area (Å²) in [5.74, 6) is 0.560. The quantitative estimate of drug-likeness (QED) is 0.720. The van der Waals surface area contributed by atoms with Crippen LogP contribution >= 0.6 is 22.6 Å². The van der Waals surface area contributed by atoms with E-state index in [2.05, 4.69) is 27.6 Å². The first kappa shape index (κ1) is 8.27. The molecule has 11 heavy (non-hydrogen) atoms. The monoisotopic (exact) mass is 260 g/mol. The molecule has 3 nitrogen and oxygen atoms in total. The van der Waals surface area contributed by atoms with E-state index in [-0.39, 0.29) is 0 Å². The van der Waals surface area contributed by atoms with Crippen molar-refractivity contribution in [2.24, 2.45) is 0 Å². The van der Waals surface area contributed by atoms with Gasteiger partial charge in [0.05, 0.1) is 16.2 Å². The largest absolute Gasteiger partial charge is 0.480 e. The van der Waals surface area contributed by atoms with Gasteiger partial charge in [0.2, 0.25) is 5.88 Å². The van der Waals surface area contributed by atoms with Crippen LogP contribution in [-0.4, -0.2) is 12.1 Å². The number of pyridine rings is 1. The van der Waals surface area contributed by atoms with Crippen molar-refractivity contribution in [2.45, 2.75) is 0 Å². The minimum Gasteiger partial charge on any atom is -0.480 e. The van der Waals surface area contributed by atoms with Crippen molar-refractivity contribution in [1.29, 1.82) is 5.26 Å². The Balaban J connectivity index is 3.12. The number of hydrogen-bond donors (Lipinski definition) is 0. The highest BCUT2D eigenvalue weighted by molar-refractivity contribution is 14.1. The molecule has 1 aromatic heterocycles. The van der Waals surface area contributed by atoms with Crippen molar-refractivity contribution >= 4 is 22.6 Å². The van der Waals surface area contributed by atoms with Gasteiger partial charge in [0.25, 0.3) is 0 Å². The molecule has 0 aliphatic heterocycles. The third kappa shape index (κ3) is 1.80. The molecule has 1 rings (SSSR count). The molecule has 0 aliphatic carbocycles.